The van der Waals surface area contributed by atoms with Crippen LogP contribution < -0.4 is 10.6 Å². The highest BCUT2D eigenvalue weighted by Crippen LogP contribution is 2.07. The van der Waals surface area contributed by atoms with Crippen LogP contribution in [0.5, 0.6) is 0 Å². The molecule has 0 saturated carbocycles. The van der Waals surface area contributed by atoms with Gasteiger partial charge >= 0.3 is 0 Å². The van der Waals surface area contributed by atoms with Crippen molar-refractivity contribution in [2.24, 2.45) is 0 Å². The molecule has 0 radical (unpaired) electrons. The molecule has 0 spiro atoms. The maximum absolute atomic E-state index is 10.9. The van der Waals surface area contributed by atoms with Gasteiger partial charge in [0.25, 0.3) is 0 Å². The van der Waals surface area contributed by atoms with Crippen LogP contribution >= 0.6 is 0 Å². The summed E-state index contributed by atoms with van der Waals surface area (Å²) in [5.41, 5.74) is 0. The van der Waals surface area contributed by atoms with Crippen molar-refractivity contribution >= 4 is 5.91 Å². The Hall–Kier alpha value is -0.570. The summed E-state index contributed by atoms with van der Waals surface area (Å²) in [6, 6.07) is 0.641. The fourth-order valence-corrected chi connectivity index (χ4v) is 1.51. The van der Waals surface area contributed by atoms with E-state index in [1.54, 1.807) is 0 Å². The van der Waals surface area contributed by atoms with Crippen molar-refractivity contribution in [3.63, 3.8) is 0 Å². The Morgan fingerprint density at radius 3 is 3.08 bits per heavy atom. The van der Waals surface area contributed by atoms with Gasteiger partial charge in [0.05, 0.1) is 0 Å². The third kappa shape index (κ3) is 3.22. The zero-order valence-electron chi connectivity index (χ0n) is 7.73. The second-order valence-electron chi connectivity index (χ2n) is 3.29. The van der Waals surface area contributed by atoms with E-state index in [1.165, 1.54) is 12.8 Å². The van der Waals surface area contributed by atoms with Crippen LogP contribution in [0.3, 0.4) is 0 Å². The van der Waals surface area contributed by atoms with Gasteiger partial charge in [-0.2, -0.15) is 0 Å². The topological polar surface area (TPSA) is 41.1 Å². The second kappa shape index (κ2) is 5.14. The van der Waals surface area contributed by atoms with E-state index in [-0.39, 0.29) is 5.91 Å². The summed E-state index contributed by atoms with van der Waals surface area (Å²) in [7, 11) is 0. The van der Waals surface area contributed by atoms with Crippen molar-refractivity contribution in [1.29, 1.82) is 0 Å². The predicted octanol–water partition coefficient (Wildman–Crippen LogP) is 0.655. The van der Waals surface area contributed by atoms with Crippen LogP contribution in [0.15, 0.2) is 0 Å². The summed E-state index contributed by atoms with van der Waals surface area (Å²) in [4.78, 5) is 10.9. The maximum atomic E-state index is 10.9. The van der Waals surface area contributed by atoms with E-state index in [9.17, 15) is 4.79 Å². The summed E-state index contributed by atoms with van der Waals surface area (Å²) in [6.07, 6.45) is 4.22. The summed E-state index contributed by atoms with van der Waals surface area (Å²) >= 11 is 0. The monoisotopic (exact) mass is 170 g/mol. The third-order valence-electron chi connectivity index (χ3n) is 2.30. The second-order valence-corrected chi connectivity index (χ2v) is 3.29. The van der Waals surface area contributed by atoms with Crippen LogP contribution in [0, 0.1) is 0 Å². The highest BCUT2D eigenvalue weighted by atomic mass is 16.1. The van der Waals surface area contributed by atoms with Gasteiger partial charge in [0, 0.05) is 19.0 Å². The average Bonchev–Trinajstić information content (AvgIpc) is 2.57. The summed E-state index contributed by atoms with van der Waals surface area (Å²) in [5.74, 6) is 0.160. The van der Waals surface area contributed by atoms with Crippen molar-refractivity contribution in [2.75, 3.05) is 13.1 Å². The van der Waals surface area contributed by atoms with Crippen LogP contribution in [0.2, 0.25) is 0 Å². The van der Waals surface area contributed by atoms with Gasteiger partial charge in [-0.1, -0.05) is 6.92 Å². The normalized spacial score (nSPS) is 22.6. The molecular formula is C9H18N2O. The summed E-state index contributed by atoms with van der Waals surface area (Å²) < 4.78 is 0. The first kappa shape index (κ1) is 9.52. The van der Waals surface area contributed by atoms with E-state index in [1.807, 2.05) is 6.92 Å². The quantitative estimate of drug-likeness (QED) is 0.650. The van der Waals surface area contributed by atoms with Gasteiger partial charge in [-0.05, 0) is 25.8 Å². The summed E-state index contributed by atoms with van der Waals surface area (Å²) in [6.45, 7) is 3.85. The van der Waals surface area contributed by atoms with E-state index in [4.69, 9.17) is 0 Å². The predicted molar refractivity (Wildman–Crippen MR) is 48.9 cm³/mol. The Morgan fingerprint density at radius 1 is 1.67 bits per heavy atom. The van der Waals surface area contributed by atoms with Gasteiger partial charge in [0.15, 0.2) is 0 Å². The first-order chi connectivity index (χ1) is 5.83. The molecule has 1 saturated heterocycles. The molecule has 1 atom stereocenters. The molecule has 1 aliphatic rings. The molecule has 0 aromatic carbocycles. The number of amides is 1. The molecule has 0 bridgehead atoms. The lowest BCUT2D eigenvalue weighted by molar-refractivity contribution is -0.120. The molecule has 1 heterocycles. The molecule has 0 aliphatic carbocycles. The molecule has 2 N–H and O–H groups in total. The van der Waals surface area contributed by atoms with Crippen LogP contribution in [-0.4, -0.2) is 25.0 Å². The molecular weight excluding hydrogens is 152 g/mol. The number of hydrogen-bond donors (Lipinski definition) is 2. The fourth-order valence-electron chi connectivity index (χ4n) is 1.51. The van der Waals surface area contributed by atoms with Crippen molar-refractivity contribution in [3.05, 3.63) is 0 Å². The molecule has 3 nitrogen and oxygen atoms in total. The standard InChI is InChI=1S/C9H18N2O/c1-2-9(12)11-7-5-8-4-3-6-10-8/h8,10H,2-7H2,1H3,(H,11,12)/t8-/m1/s1. The minimum atomic E-state index is 0.160. The molecule has 3 heteroatoms. The number of hydrogen-bond acceptors (Lipinski definition) is 2. The van der Waals surface area contributed by atoms with Gasteiger partial charge in [-0.3, -0.25) is 4.79 Å². The molecule has 70 valence electrons. The smallest absolute Gasteiger partial charge is 0.219 e. The van der Waals surface area contributed by atoms with Crippen LogP contribution in [-0.2, 0) is 4.79 Å². The maximum Gasteiger partial charge on any atom is 0.219 e. The fraction of sp³-hybridized carbons (Fsp3) is 0.889. The highest BCUT2D eigenvalue weighted by Gasteiger charge is 2.12. The van der Waals surface area contributed by atoms with Gasteiger partial charge in [-0.25, -0.2) is 0 Å². The Labute approximate surface area is 73.9 Å². The Balaban J connectivity index is 1.97. The molecule has 0 aromatic heterocycles. The molecule has 12 heavy (non-hydrogen) atoms. The highest BCUT2D eigenvalue weighted by molar-refractivity contribution is 5.75. The Kier molecular flexibility index (Phi) is 4.08. The SMILES string of the molecule is CCC(=O)NCC[C@H]1CCCN1. The van der Waals surface area contributed by atoms with Crippen molar-refractivity contribution in [1.82, 2.24) is 10.6 Å². The number of nitrogens with one attached hydrogen (secondary N) is 2. The molecule has 0 aromatic rings. The van der Waals surface area contributed by atoms with Crippen LogP contribution in [0.25, 0.3) is 0 Å². The molecule has 1 aliphatic heterocycles. The minimum absolute atomic E-state index is 0.160. The van der Waals surface area contributed by atoms with Crippen LogP contribution in [0.1, 0.15) is 32.6 Å². The lowest BCUT2D eigenvalue weighted by Crippen LogP contribution is -2.30. The van der Waals surface area contributed by atoms with E-state index < -0.39 is 0 Å². The average molecular weight is 170 g/mol. The molecule has 1 amide bonds. The van der Waals surface area contributed by atoms with Gasteiger partial charge in [0.2, 0.25) is 5.91 Å². The zero-order chi connectivity index (χ0) is 8.81. The lowest BCUT2D eigenvalue weighted by Gasteiger charge is -2.09. The number of carbonyl (C=O) groups is 1. The Morgan fingerprint density at radius 2 is 2.50 bits per heavy atom. The van der Waals surface area contributed by atoms with Crippen molar-refractivity contribution < 1.29 is 4.79 Å². The Bertz CT molecular complexity index is 141. The minimum Gasteiger partial charge on any atom is -0.356 e. The molecule has 1 rings (SSSR count). The largest absolute Gasteiger partial charge is 0.356 e. The first-order valence-corrected chi connectivity index (χ1v) is 4.83. The van der Waals surface area contributed by atoms with Gasteiger partial charge < -0.3 is 10.6 Å². The van der Waals surface area contributed by atoms with Crippen molar-refractivity contribution in [2.45, 2.75) is 38.6 Å². The third-order valence-corrected chi connectivity index (χ3v) is 2.30. The van der Waals surface area contributed by atoms with Crippen molar-refractivity contribution in [3.8, 4) is 0 Å². The summed E-state index contributed by atoms with van der Waals surface area (Å²) in [5, 5.41) is 6.28. The van der Waals surface area contributed by atoms with Crippen LogP contribution in [0.4, 0.5) is 0 Å². The molecule has 1 fully saturated rings. The van der Waals surface area contributed by atoms with E-state index >= 15 is 0 Å². The van der Waals surface area contributed by atoms with E-state index in [2.05, 4.69) is 10.6 Å². The zero-order valence-corrected chi connectivity index (χ0v) is 7.73. The van der Waals surface area contributed by atoms with E-state index in [0.717, 1.165) is 19.5 Å². The number of carbonyl (C=O) groups excluding carboxylic acids is 1. The lowest BCUT2D eigenvalue weighted by atomic mass is 10.1. The number of rotatable bonds is 4. The van der Waals surface area contributed by atoms with Gasteiger partial charge in [0.1, 0.15) is 0 Å². The first-order valence-electron chi connectivity index (χ1n) is 4.83. The van der Waals surface area contributed by atoms with Gasteiger partial charge in [-0.15, -0.1) is 0 Å². The van der Waals surface area contributed by atoms with E-state index in [0.29, 0.717) is 12.5 Å². The molecule has 0 unspecified atom stereocenters.